The fourth-order valence-electron chi connectivity index (χ4n) is 3.61. The van der Waals surface area contributed by atoms with Gasteiger partial charge in [-0.15, -0.1) is 12.3 Å². The molecule has 2 N–H and O–H groups in total. The lowest BCUT2D eigenvalue weighted by Crippen LogP contribution is -2.47. The van der Waals surface area contributed by atoms with Crippen LogP contribution in [0.1, 0.15) is 57.8 Å². The molecular formula is C16H28N2. The highest BCUT2D eigenvalue weighted by Crippen LogP contribution is 2.31. The van der Waals surface area contributed by atoms with Crippen LogP contribution in [-0.2, 0) is 0 Å². The lowest BCUT2D eigenvalue weighted by Gasteiger charge is -2.33. The van der Waals surface area contributed by atoms with E-state index in [0.29, 0.717) is 0 Å². The maximum atomic E-state index is 5.27. The molecule has 2 fully saturated rings. The van der Waals surface area contributed by atoms with E-state index in [1.165, 1.54) is 57.9 Å². The van der Waals surface area contributed by atoms with E-state index in [0.717, 1.165) is 31.0 Å². The monoisotopic (exact) mass is 248 g/mol. The molecule has 1 heterocycles. The van der Waals surface area contributed by atoms with Crippen LogP contribution in [0.15, 0.2) is 0 Å². The maximum Gasteiger partial charge on any atom is 0.0110 e. The first-order valence-corrected chi connectivity index (χ1v) is 7.82. The Balaban J connectivity index is 1.68. The zero-order valence-electron chi connectivity index (χ0n) is 11.6. The predicted octanol–water partition coefficient (Wildman–Crippen LogP) is 2.69. The van der Waals surface area contributed by atoms with E-state index in [1.54, 1.807) is 0 Å². The van der Waals surface area contributed by atoms with E-state index in [1.807, 2.05) is 0 Å². The summed E-state index contributed by atoms with van der Waals surface area (Å²) in [6.07, 6.45) is 17.0. The van der Waals surface area contributed by atoms with Gasteiger partial charge in [-0.3, -0.25) is 0 Å². The third-order valence-electron chi connectivity index (χ3n) is 4.59. The molecular weight excluding hydrogens is 220 g/mol. The molecule has 0 radical (unpaired) electrons. The number of hydrogen-bond donors (Lipinski definition) is 2. The van der Waals surface area contributed by atoms with Crippen molar-refractivity contribution >= 4 is 0 Å². The second-order valence-electron chi connectivity index (χ2n) is 5.87. The number of nitrogens with one attached hydrogen (secondary N) is 2. The number of rotatable bonds is 6. The summed E-state index contributed by atoms with van der Waals surface area (Å²) < 4.78 is 0. The topological polar surface area (TPSA) is 24.1 Å². The Labute approximate surface area is 112 Å². The summed E-state index contributed by atoms with van der Waals surface area (Å²) in [5.74, 6) is 3.59. The quantitative estimate of drug-likeness (QED) is 0.558. The van der Waals surface area contributed by atoms with Gasteiger partial charge in [-0.25, -0.2) is 0 Å². The summed E-state index contributed by atoms with van der Waals surface area (Å²) in [4.78, 5) is 0. The standard InChI is InChI=1S/C16H28N2/c1-2-3-4-6-12-17-16-11-8-9-14(16)15-10-5-7-13-18-15/h1,14-18H,3-13H2. The first-order chi connectivity index (χ1) is 8.92. The number of piperidine rings is 1. The molecule has 2 rings (SSSR count). The van der Waals surface area contributed by atoms with Crippen LogP contribution in [0.3, 0.4) is 0 Å². The van der Waals surface area contributed by atoms with Crippen LogP contribution in [0.4, 0.5) is 0 Å². The largest absolute Gasteiger partial charge is 0.314 e. The third kappa shape index (κ3) is 4.00. The smallest absolute Gasteiger partial charge is 0.0110 e. The van der Waals surface area contributed by atoms with Gasteiger partial charge in [0.25, 0.3) is 0 Å². The van der Waals surface area contributed by atoms with E-state index < -0.39 is 0 Å². The van der Waals surface area contributed by atoms with Gasteiger partial charge >= 0.3 is 0 Å². The van der Waals surface area contributed by atoms with Gasteiger partial charge in [0, 0.05) is 18.5 Å². The Hall–Kier alpha value is -0.520. The van der Waals surface area contributed by atoms with Gasteiger partial charge in [0.1, 0.15) is 0 Å². The lowest BCUT2D eigenvalue weighted by molar-refractivity contribution is 0.257. The molecule has 0 spiro atoms. The molecule has 2 heteroatoms. The first-order valence-electron chi connectivity index (χ1n) is 7.82. The van der Waals surface area contributed by atoms with Gasteiger partial charge in [0.15, 0.2) is 0 Å². The molecule has 3 unspecified atom stereocenters. The minimum absolute atomic E-state index is 0.756. The highest BCUT2D eigenvalue weighted by molar-refractivity contribution is 4.92. The molecule has 0 bridgehead atoms. The Kier molecular flexibility index (Phi) is 6.04. The van der Waals surface area contributed by atoms with Gasteiger partial charge < -0.3 is 10.6 Å². The molecule has 1 aliphatic carbocycles. The van der Waals surface area contributed by atoms with E-state index in [-0.39, 0.29) is 0 Å². The summed E-state index contributed by atoms with van der Waals surface area (Å²) in [6, 6.07) is 1.54. The van der Waals surface area contributed by atoms with Crippen molar-refractivity contribution in [3.05, 3.63) is 0 Å². The fraction of sp³-hybridized carbons (Fsp3) is 0.875. The second-order valence-corrected chi connectivity index (χ2v) is 5.87. The minimum atomic E-state index is 0.756. The number of terminal acetylenes is 1. The Bertz CT molecular complexity index is 263. The molecule has 0 aromatic rings. The third-order valence-corrected chi connectivity index (χ3v) is 4.59. The van der Waals surface area contributed by atoms with Crippen molar-refractivity contribution in [2.24, 2.45) is 5.92 Å². The molecule has 2 nitrogen and oxygen atoms in total. The van der Waals surface area contributed by atoms with E-state index in [9.17, 15) is 0 Å². The summed E-state index contributed by atoms with van der Waals surface area (Å²) >= 11 is 0. The van der Waals surface area contributed by atoms with Crippen molar-refractivity contribution in [3.8, 4) is 12.3 Å². The van der Waals surface area contributed by atoms with Gasteiger partial charge in [-0.2, -0.15) is 0 Å². The Morgan fingerprint density at radius 2 is 2.06 bits per heavy atom. The molecule has 1 aliphatic heterocycles. The summed E-state index contributed by atoms with van der Waals surface area (Å²) in [5.41, 5.74) is 0. The first kappa shape index (κ1) is 13.9. The minimum Gasteiger partial charge on any atom is -0.314 e. The van der Waals surface area contributed by atoms with Crippen molar-refractivity contribution < 1.29 is 0 Å². The molecule has 18 heavy (non-hydrogen) atoms. The molecule has 0 amide bonds. The summed E-state index contributed by atoms with van der Waals surface area (Å²) in [7, 11) is 0. The van der Waals surface area contributed by atoms with Crippen LogP contribution in [0, 0.1) is 18.3 Å². The van der Waals surface area contributed by atoms with Crippen LogP contribution >= 0.6 is 0 Å². The molecule has 1 saturated carbocycles. The van der Waals surface area contributed by atoms with Crippen molar-refractivity contribution in [1.29, 1.82) is 0 Å². The van der Waals surface area contributed by atoms with Crippen LogP contribution < -0.4 is 10.6 Å². The van der Waals surface area contributed by atoms with Crippen molar-refractivity contribution in [2.75, 3.05) is 13.1 Å². The number of hydrogen-bond acceptors (Lipinski definition) is 2. The van der Waals surface area contributed by atoms with E-state index in [4.69, 9.17) is 6.42 Å². The predicted molar refractivity (Wildman–Crippen MR) is 77.5 cm³/mol. The molecule has 0 aromatic carbocycles. The Morgan fingerprint density at radius 1 is 1.11 bits per heavy atom. The zero-order valence-corrected chi connectivity index (χ0v) is 11.6. The number of unbranched alkanes of at least 4 members (excludes halogenated alkanes) is 2. The molecule has 0 aromatic heterocycles. The molecule has 3 atom stereocenters. The fourth-order valence-corrected chi connectivity index (χ4v) is 3.61. The summed E-state index contributed by atoms with van der Waals surface area (Å²) in [6.45, 7) is 2.38. The molecule has 102 valence electrons. The van der Waals surface area contributed by atoms with Gasteiger partial charge in [-0.1, -0.05) is 12.8 Å². The second kappa shape index (κ2) is 7.81. The summed E-state index contributed by atoms with van der Waals surface area (Å²) in [5, 5.41) is 7.51. The average Bonchev–Trinajstić information content (AvgIpc) is 2.88. The van der Waals surface area contributed by atoms with Crippen LogP contribution in [-0.4, -0.2) is 25.2 Å². The molecule has 2 aliphatic rings. The highest BCUT2D eigenvalue weighted by atomic mass is 15.0. The van der Waals surface area contributed by atoms with Crippen molar-refractivity contribution in [1.82, 2.24) is 10.6 Å². The van der Waals surface area contributed by atoms with Crippen LogP contribution in [0.5, 0.6) is 0 Å². The highest BCUT2D eigenvalue weighted by Gasteiger charge is 2.33. The SMILES string of the molecule is C#CCCCCNC1CCCC1C1CCCCN1. The maximum absolute atomic E-state index is 5.27. The van der Waals surface area contributed by atoms with Crippen LogP contribution in [0.25, 0.3) is 0 Å². The molecule has 1 saturated heterocycles. The van der Waals surface area contributed by atoms with E-state index >= 15 is 0 Å². The average molecular weight is 248 g/mol. The normalized spacial score (nSPS) is 32.3. The van der Waals surface area contributed by atoms with Crippen LogP contribution in [0.2, 0.25) is 0 Å². The lowest BCUT2D eigenvalue weighted by atomic mass is 9.88. The van der Waals surface area contributed by atoms with Crippen molar-refractivity contribution in [2.45, 2.75) is 69.9 Å². The zero-order chi connectivity index (χ0) is 12.6. The van der Waals surface area contributed by atoms with Gasteiger partial charge in [-0.05, 0) is 57.5 Å². The van der Waals surface area contributed by atoms with Gasteiger partial charge in [0.05, 0.1) is 0 Å². The van der Waals surface area contributed by atoms with E-state index in [2.05, 4.69) is 16.6 Å². The van der Waals surface area contributed by atoms with Crippen molar-refractivity contribution in [3.63, 3.8) is 0 Å². The Morgan fingerprint density at radius 3 is 2.83 bits per heavy atom. The van der Waals surface area contributed by atoms with Gasteiger partial charge in [0.2, 0.25) is 0 Å².